The molecule has 12 heteroatoms. The highest BCUT2D eigenvalue weighted by Crippen LogP contribution is 2.49. The van der Waals surface area contributed by atoms with Crippen molar-refractivity contribution >= 4 is 59.8 Å². The Kier molecular flexibility index (Phi) is 8.55. The lowest BCUT2D eigenvalue weighted by atomic mass is 9.82. The Morgan fingerprint density at radius 2 is 1.72 bits per heavy atom. The molecule has 2 aliphatic rings. The van der Waals surface area contributed by atoms with Gasteiger partial charge in [-0.25, -0.2) is 4.99 Å². The van der Waals surface area contributed by atoms with Crippen LogP contribution in [0.25, 0.3) is 10.8 Å². The van der Waals surface area contributed by atoms with Gasteiger partial charge >= 0.3 is 5.97 Å². The van der Waals surface area contributed by atoms with Crippen LogP contribution in [-0.2, 0) is 18.7 Å². The summed E-state index contributed by atoms with van der Waals surface area (Å²) in [4.78, 5) is 34.3. The summed E-state index contributed by atoms with van der Waals surface area (Å²) in [5.74, 6) is -0.250. The third kappa shape index (κ3) is 6.09. The van der Waals surface area contributed by atoms with E-state index in [4.69, 9.17) is 19.6 Å². The van der Waals surface area contributed by atoms with Gasteiger partial charge in [0.05, 0.1) is 23.7 Å². The normalized spacial score (nSPS) is 22.9. The van der Waals surface area contributed by atoms with Crippen LogP contribution in [0.2, 0.25) is 0 Å². The number of benzene rings is 2. The molecule has 11 nitrogen and oxygen atoms in total. The summed E-state index contributed by atoms with van der Waals surface area (Å²) in [6.45, 7) is 11.2. The molecule has 1 fully saturated rings. The SMILES string of the molecule is CC(C)C(=O)OC1C(C(O[Si](c2ccccc2)c2ccccc2)C(C)(C)C)OC(n2cc3c(N)cc(=O)nc4c3c2N=CN4)C1(C)O. The minimum absolute atomic E-state index is 0.202. The number of hydrogen-bond donors (Lipinski definition) is 3. The molecule has 1 saturated heterocycles. The third-order valence-electron chi connectivity index (χ3n) is 8.54. The van der Waals surface area contributed by atoms with Gasteiger partial charge in [-0.2, -0.15) is 4.98 Å². The largest absolute Gasteiger partial charge is 0.456 e. The minimum Gasteiger partial charge on any atom is -0.456 e. The molecule has 1 radical (unpaired) electrons. The van der Waals surface area contributed by atoms with E-state index in [1.165, 1.54) is 12.4 Å². The number of rotatable bonds is 8. The van der Waals surface area contributed by atoms with Crippen LogP contribution in [0.5, 0.6) is 0 Å². The summed E-state index contributed by atoms with van der Waals surface area (Å²) >= 11 is 0. The minimum atomic E-state index is -1.84. The Labute approximate surface area is 275 Å². The zero-order valence-electron chi connectivity index (χ0n) is 27.3. The number of aliphatic hydroxyl groups is 1. The number of carbonyl (C=O) groups is 1. The van der Waals surface area contributed by atoms with E-state index in [0.29, 0.717) is 16.6 Å². The molecule has 4 aromatic rings. The summed E-state index contributed by atoms with van der Waals surface area (Å²) in [5.41, 5.74) is 3.75. The number of esters is 1. The van der Waals surface area contributed by atoms with Gasteiger partial charge in [-0.05, 0) is 22.7 Å². The number of ether oxygens (including phenoxy) is 2. The first kappa shape index (κ1) is 32.6. The zero-order valence-corrected chi connectivity index (χ0v) is 28.3. The first-order valence-electron chi connectivity index (χ1n) is 15.6. The number of nitrogens with one attached hydrogen (secondary N) is 1. The fourth-order valence-corrected chi connectivity index (χ4v) is 8.48. The third-order valence-corrected chi connectivity index (χ3v) is 10.7. The highest BCUT2D eigenvalue weighted by atomic mass is 28.3. The standard InChI is InChI=1S/C35H40N5O6Si/c1-20(2)32(42)45-29-27(28(34(3,4)5)46-47(21-13-9-7-10-14-21)22-15-11-8-12-16-22)44-33(35(29,6)43)40-18-23-24(36)17-25(41)39-30-26(23)31(40)38-19-37-30/h7-20,27-29,33,43H,36H2,1-6H3,(H,37,38,39,41). The molecule has 0 bridgehead atoms. The van der Waals surface area contributed by atoms with Crippen molar-refractivity contribution in [2.24, 2.45) is 16.3 Å². The van der Waals surface area contributed by atoms with Crippen molar-refractivity contribution in [3.05, 3.63) is 83.3 Å². The van der Waals surface area contributed by atoms with Gasteiger partial charge in [0.1, 0.15) is 23.3 Å². The van der Waals surface area contributed by atoms with Crippen LogP contribution in [0.4, 0.5) is 17.3 Å². The summed E-state index contributed by atoms with van der Waals surface area (Å²) in [6.07, 6.45) is -0.640. The number of nitrogens with zero attached hydrogens (tertiary/aromatic N) is 3. The molecule has 4 heterocycles. The molecule has 0 saturated carbocycles. The van der Waals surface area contributed by atoms with E-state index >= 15 is 0 Å². The van der Waals surface area contributed by atoms with Gasteiger partial charge in [-0.15, -0.1) is 0 Å². The first-order chi connectivity index (χ1) is 22.3. The van der Waals surface area contributed by atoms with Crippen molar-refractivity contribution in [3.8, 4) is 0 Å². The molecule has 0 aliphatic carbocycles. The lowest BCUT2D eigenvalue weighted by molar-refractivity contribution is -0.171. The number of aromatic nitrogens is 2. The number of carbonyl (C=O) groups excluding carboxylic acids is 1. The number of nitrogens with two attached hydrogens (primary N) is 1. The molecular weight excluding hydrogens is 615 g/mol. The Bertz CT molecular complexity index is 1830. The number of aliphatic imine (C=N–C) groups is 1. The molecule has 2 aliphatic heterocycles. The van der Waals surface area contributed by atoms with Gasteiger partial charge in [0.25, 0.3) is 14.6 Å². The highest BCUT2D eigenvalue weighted by Gasteiger charge is 2.60. The van der Waals surface area contributed by atoms with Gasteiger partial charge < -0.3 is 34.6 Å². The second kappa shape index (κ2) is 12.3. The molecular formula is C35H40N5O6Si. The number of hydrogen-bond acceptors (Lipinski definition) is 10. The van der Waals surface area contributed by atoms with E-state index in [1.54, 1.807) is 31.5 Å². The summed E-state index contributed by atoms with van der Waals surface area (Å²) < 4.78 is 21.8. The van der Waals surface area contributed by atoms with Crippen LogP contribution in [0.1, 0.15) is 47.8 Å². The van der Waals surface area contributed by atoms with Crippen LogP contribution in [0.3, 0.4) is 0 Å². The van der Waals surface area contributed by atoms with E-state index in [2.05, 4.69) is 39.6 Å². The monoisotopic (exact) mass is 654 g/mol. The van der Waals surface area contributed by atoms with E-state index in [9.17, 15) is 14.7 Å². The second-order valence-electron chi connectivity index (χ2n) is 13.6. The Balaban J connectivity index is 1.49. The van der Waals surface area contributed by atoms with Gasteiger partial charge in [-0.3, -0.25) is 9.59 Å². The predicted octanol–water partition coefficient (Wildman–Crippen LogP) is 3.52. The first-order valence-corrected chi connectivity index (χ1v) is 17.1. The van der Waals surface area contributed by atoms with Crippen molar-refractivity contribution in [1.29, 1.82) is 0 Å². The Morgan fingerprint density at radius 1 is 1.11 bits per heavy atom. The smallest absolute Gasteiger partial charge is 0.308 e. The van der Waals surface area contributed by atoms with Crippen molar-refractivity contribution in [2.45, 2.75) is 71.7 Å². The molecule has 5 atom stereocenters. The van der Waals surface area contributed by atoms with Gasteiger partial charge in [0, 0.05) is 23.3 Å². The van der Waals surface area contributed by atoms with Crippen molar-refractivity contribution < 1.29 is 23.8 Å². The highest BCUT2D eigenvalue weighted by molar-refractivity contribution is 6.80. The van der Waals surface area contributed by atoms with Crippen molar-refractivity contribution in [2.75, 3.05) is 11.1 Å². The predicted molar refractivity (Wildman–Crippen MR) is 184 cm³/mol. The molecule has 245 valence electrons. The Morgan fingerprint density at radius 3 is 2.30 bits per heavy atom. The molecule has 2 aromatic heterocycles. The molecule has 2 aromatic carbocycles. The van der Waals surface area contributed by atoms with Gasteiger partial charge in [0.15, 0.2) is 12.3 Å². The second-order valence-corrected chi connectivity index (χ2v) is 15.7. The lowest BCUT2D eigenvalue weighted by Crippen LogP contribution is -2.57. The van der Waals surface area contributed by atoms with E-state index in [0.717, 1.165) is 10.4 Å². The zero-order chi connectivity index (χ0) is 33.7. The molecule has 5 unspecified atom stereocenters. The molecule has 0 spiro atoms. The topological polar surface area (TPSA) is 150 Å². The average Bonchev–Trinajstić information content (AvgIpc) is 3.48. The van der Waals surface area contributed by atoms with Gasteiger partial charge in [0.2, 0.25) is 0 Å². The summed E-state index contributed by atoms with van der Waals surface area (Å²) in [6, 6.07) is 21.3. The maximum Gasteiger partial charge on any atom is 0.308 e. The van der Waals surface area contributed by atoms with Crippen molar-refractivity contribution in [1.82, 2.24) is 9.55 Å². The summed E-state index contributed by atoms with van der Waals surface area (Å²) in [5, 5.41) is 18.4. The molecule has 0 amide bonds. The molecule has 47 heavy (non-hydrogen) atoms. The van der Waals surface area contributed by atoms with Crippen LogP contribution in [0, 0.1) is 11.3 Å². The quantitative estimate of drug-likeness (QED) is 0.192. The van der Waals surface area contributed by atoms with Crippen LogP contribution >= 0.6 is 0 Å². The number of nitrogen functional groups attached to an aromatic ring is 1. The van der Waals surface area contributed by atoms with Crippen LogP contribution < -0.4 is 27.0 Å². The average molecular weight is 655 g/mol. The van der Waals surface area contributed by atoms with Crippen LogP contribution in [-0.4, -0.2) is 59.9 Å². The maximum absolute atomic E-state index is 13.2. The lowest BCUT2D eigenvalue weighted by Gasteiger charge is -2.40. The fourth-order valence-electron chi connectivity index (χ4n) is 6.15. The summed E-state index contributed by atoms with van der Waals surface area (Å²) in [7, 11) is -1.84. The fraction of sp³-hybridized carbons (Fsp3) is 0.371. The number of anilines is 2. The maximum atomic E-state index is 13.2. The van der Waals surface area contributed by atoms with E-state index in [-0.39, 0.29) is 11.5 Å². The van der Waals surface area contributed by atoms with Gasteiger partial charge in [-0.1, -0.05) is 95.3 Å². The molecule has 6 rings (SSSR count). The van der Waals surface area contributed by atoms with E-state index in [1.807, 2.05) is 57.2 Å². The van der Waals surface area contributed by atoms with Crippen LogP contribution in [0.15, 0.2) is 82.7 Å². The van der Waals surface area contributed by atoms with Crippen molar-refractivity contribution in [3.63, 3.8) is 0 Å². The molecule has 4 N–H and O–H groups in total. The Hall–Kier alpha value is -4.36. The van der Waals surface area contributed by atoms with E-state index < -0.39 is 62.0 Å².